The summed E-state index contributed by atoms with van der Waals surface area (Å²) in [5.74, 6) is 0. The first-order valence-corrected chi connectivity index (χ1v) is 6.54. The number of pyridine rings is 1. The number of halogens is 3. The molecule has 2 rings (SSSR count). The van der Waals surface area contributed by atoms with E-state index in [1.165, 1.54) is 18.3 Å². The molecule has 0 spiro atoms. The quantitative estimate of drug-likeness (QED) is 0.516. The predicted molar refractivity (Wildman–Crippen MR) is 82.6 cm³/mol. The van der Waals surface area contributed by atoms with Crippen LogP contribution in [0.5, 0.6) is 0 Å². The summed E-state index contributed by atoms with van der Waals surface area (Å²) >= 11 is 4.95. The third-order valence-electron chi connectivity index (χ3n) is 2.50. The fourth-order valence-electron chi connectivity index (χ4n) is 1.54. The van der Waals surface area contributed by atoms with Crippen molar-refractivity contribution in [3.05, 3.63) is 59.9 Å². The Kier molecular flexibility index (Phi) is 5.05. The molecular weight excluding hydrogens is 313 g/mol. The van der Waals surface area contributed by atoms with E-state index in [2.05, 4.69) is 20.8 Å². The smallest absolute Gasteiger partial charge is 0.331 e. The molecule has 0 aliphatic carbocycles. The number of hydrogen-bond donors (Lipinski definition) is 2. The van der Waals surface area contributed by atoms with E-state index in [9.17, 15) is 13.2 Å². The number of alkyl halides is 3. The van der Waals surface area contributed by atoms with E-state index in [1.54, 1.807) is 24.4 Å². The third kappa shape index (κ3) is 4.81. The normalized spacial score (nSPS) is 11.4. The number of aromatic nitrogens is 1. The van der Waals surface area contributed by atoms with Crippen molar-refractivity contribution in [2.24, 2.45) is 5.10 Å². The maximum absolute atomic E-state index is 12.6. The van der Waals surface area contributed by atoms with Gasteiger partial charge in [-0.2, -0.15) is 18.3 Å². The van der Waals surface area contributed by atoms with E-state index in [4.69, 9.17) is 12.2 Å². The molecular formula is C14H11F3N4S. The zero-order valence-electron chi connectivity index (χ0n) is 11.1. The zero-order valence-corrected chi connectivity index (χ0v) is 11.9. The van der Waals surface area contributed by atoms with Crippen LogP contribution in [0.2, 0.25) is 0 Å². The average Bonchev–Trinajstić information content (AvgIpc) is 2.48. The molecule has 2 aromatic rings. The van der Waals surface area contributed by atoms with Crippen molar-refractivity contribution in [2.45, 2.75) is 6.18 Å². The summed E-state index contributed by atoms with van der Waals surface area (Å²) in [5, 5.41) is 6.55. The second-order valence-electron chi connectivity index (χ2n) is 4.16. The molecule has 1 heterocycles. The number of hydrogen-bond acceptors (Lipinski definition) is 3. The topological polar surface area (TPSA) is 49.3 Å². The maximum Gasteiger partial charge on any atom is 0.416 e. The second kappa shape index (κ2) is 6.99. The van der Waals surface area contributed by atoms with Crippen molar-refractivity contribution in [2.75, 3.05) is 5.32 Å². The van der Waals surface area contributed by atoms with Crippen LogP contribution in [0.15, 0.2) is 53.8 Å². The van der Waals surface area contributed by atoms with Gasteiger partial charge in [0.15, 0.2) is 5.11 Å². The Bertz CT molecular complexity index is 671. The molecule has 0 radical (unpaired) electrons. The van der Waals surface area contributed by atoms with Crippen LogP contribution >= 0.6 is 12.2 Å². The number of rotatable bonds is 3. The lowest BCUT2D eigenvalue weighted by atomic mass is 10.2. The number of benzene rings is 1. The maximum atomic E-state index is 12.6. The summed E-state index contributed by atoms with van der Waals surface area (Å²) < 4.78 is 37.8. The minimum absolute atomic E-state index is 0.0755. The summed E-state index contributed by atoms with van der Waals surface area (Å²) in [6.07, 6.45) is -1.34. The summed E-state index contributed by atoms with van der Waals surface area (Å²) in [6, 6.07) is 10.0. The number of thiocarbonyl (C=S) groups is 1. The average molecular weight is 324 g/mol. The minimum atomic E-state index is -4.40. The molecule has 2 N–H and O–H groups in total. The first-order chi connectivity index (χ1) is 10.4. The summed E-state index contributed by atoms with van der Waals surface area (Å²) in [7, 11) is 0. The standard InChI is InChI=1S/C14H11F3N4S/c15-14(16,17)10-4-3-6-11(8-10)20-13(22)21-19-9-12-5-1-2-7-18-12/h1-9H,(H2,20,21,22). The van der Waals surface area contributed by atoms with Gasteiger partial charge in [0.05, 0.1) is 17.5 Å². The van der Waals surface area contributed by atoms with Crippen LogP contribution in [0.4, 0.5) is 18.9 Å². The molecule has 22 heavy (non-hydrogen) atoms. The molecule has 1 aromatic heterocycles. The van der Waals surface area contributed by atoms with E-state index >= 15 is 0 Å². The zero-order chi connectivity index (χ0) is 16.0. The predicted octanol–water partition coefficient (Wildman–Crippen LogP) is 3.42. The van der Waals surface area contributed by atoms with Gasteiger partial charge in [-0.05, 0) is 42.5 Å². The monoisotopic (exact) mass is 324 g/mol. The largest absolute Gasteiger partial charge is 0.416 e. The fourth-order valence-corrected chi connectivity index (χ4v) is 1.71. The number of hydrazone groups is 1. The van der Waals surface area contributed by atoms with Gasteiger partial charge < -0.3 is 5.32 Å². The Morgan fingerprint density at radius 1 is 1.18 bits per heavy atom. The molecule has 0 fully saturated rings. The Morgan fingerprint density at radius 2 is 2.00 bits per heavy atom. The summed E-state index contributed by atoms with van der Waals surface area (Å²) in [5.41, 5.74) is 2.60. The van der Waals surface area contributed by atoms with Crippen LogP contribution in [-0.4, -0.2) is 16.3 Å². The highest BCUT2D eigenvalue weighted by atomic mass is 32.1. The molecule has 0 saturated carbocycles. The molecule has 0 atom stereocenters. The number of nitrogens with zero attached hydrogens (tertiary/aromatic N) is 2. The minimum Gasteiger partial charge on any atom is -0.331 e. The van der Waals surface area contributed by atoms with E-state index in [1.807, 2.05) is 0 Å². The molecule has 0 aliphatic rings. The lowest BCUT2D eigenvalue weighted by Gasteiger charge is -2.10. The lowest BCUT2D eigenvalue weighted by molar-refractivity contribution is -0.137. The van der Waals surface area contributed by atoms with Gasteiger partial charge >= 0.3 is 6.18 Å². The van der Waals surface area contributed by atoms with Gasteiger partial charge in [0.1, 0.15) is 0 Å². The molecule has 0 amide bonds. The molecule has 0 unspecified atom stereocenters. The van der Waals surface area contributed by atoms with Crippen LogP contribution in [0.3, 0.4) is 0 Å². The Balaban J connectivity index is 1.94. The van der Waals surface area contributed by atoms with Gasteiger partial charge in [-0.15, -0.1) is 0 Å². The van der Waals surface area contributed by atoms with E-state index in [0.29, 0.717) is 5.69 Å². The van der Waals surface area contributed by atoms with Crippen LogP contribution in [0.25, 0.3) is 0 Å². The van der Waals surface area contributed by atoms with Crippen LogP contribution < -0.4 is 10.7 Å². The second-order valence-corrected chi connectivity index (χ2v) is 4.57. The van der Waals surface area contributed by atoms with Crippen molar-refractivity contribution in [1.29, 1.82) is 0 Å². The van der Waals surface area contributed by atoms with Gasteiger partial charge in [-0.25, -0.2) is 0 Å². The highest BCUT2D eigenvalue weighted by Crippen LogP contribution is 2.30. The van der Waals surface area contributed by atoms with E-state index in [-0.39, 0.29) is 10.8 Å². The summed E-state index contributed by atoms with van der Waals surface area (Å²) in [4.78, 5) is 4.02. The van der Waals surface area contributed by atoms with Crippen molar-refractivity contribution < 1.29 is 13.2 Å². The van der Waals surface area contributed by atoms with Crippen LogP contribution in [-0.2, 0) is 6.18 Å². The van der Waals surface area contributed by atoms with Gasteiger partial charge in [-0.3, -0.25) is 10.4 Å². The van der Waals surface area contributed by atoms with E-state index < -0.39 is 11.7 Å². The number of anilines is 1. The van der Waals surface area contributed by atoms with Gasteiger partial charge in [0.2, 0.25) is 0 Å². The SMILES string of the molecule is FC(F)(F)c1cccc(NC(=S)NN=Cc2ccccn2)c1. The van der Waals surface area contributed by atoms with Crippen LogP contribution in [0.1, 0.15) is 11.3 Å². The van der Waals surface area contributed by atoms with Crippen LogP contribution in [0, 0.1) is 0 Å². The fraction of sp³-hybridized carbons (Fsp3) is 0.0714. The Morgan fingerprint density at radius 3 is 2.68 bits per heavy atom. The first-order valence-electron chi connectivity index (χ1n) is 6.13. The summed E-state index contributed by atoms with van der Waals surface area (Å²) in [6.45, 7) is 0. The molecule has 4 nitrogen and oxygen atoms in total. The van der Waals surface area contributed by atoms with Gasteiger partial charge in [0.25, 0.3) is 0 Å². The van der Waals surface area contributed by atoms with Crippen molar-refractivity contribution in [3.8, 4) is 0 Å². The van der Waals surface area contributed by atoms with Crippen molar-refractivity contribution >= 4 is 29.2 Å². The lowest BCUT2D eigenvalue weighted by Crippen LogP contribution is -2.24. The van der Waals surface area contributed by atoms with Gasteiger partial charge in [0, 0.05) is 11.9 Å². The molecule has 114 valence electrons. The van der Waals surface area contributed by atoms with Gasteiger partial charge in [-0.1, -0.05) is 12.1 Å². The Labute approximate surface area is 130 Å². The number of nitrogens with one attached hydrogen (secondary N) is 2. The molecule has 0 bridgehead atoms. The molecule has 8 heteroatoms. The van der Waals surface area contributed by atoms with Crippen molar-refractivity contribution in [3.63, 3.8) is 0 Å². The van der Waals surface area contributed by atoms with E-state index in [0.717, 1.165) is 12.1 Å². The highest BCUT2D eigenvalue weighted by molar-refractivity contribution is 7.80. The Hall–Kier alpha value is -2.48. The first kappa shape index (κ1) is 15.9. The third-order valence-corrected chi connectivity index (χ3v) is 2.69. The van der Waals surface area contributed by atoms with Crippen molar-refractivity contribution in [1.82, 2.24) is 10.4 Å². The molecule has 1 aromatic carbocycles. The molecule has 0 aliphatic heterocycles. The highest BCUT2D eigenvalue weighted by Gasteiger charge is 2.30. The molecule has 0 saturated heterocycles.